The second kappa shape index (κ2) is 5.36. The molecule has 0 saturated heterocycles. The molecule has 0 amide bonds. The normalized spacial score (nSPS) is 26.6. The zero-order valence-electron chi connectivity index (χ0n) is 10.1. The topological polar surface area (TPSA) is 62.5 Å². The van der Waals surface area contributed by atoms with Gasteiger partial charge in [0, 0.05) is 17.6 Å². The van der Waals surface area contributed by atoms with Crippen molar-refractivity contribution >= 4 is 5.97 Å². The minimum atomic E-state index is -0.647. The minimum absolute atomic E-state index is 0.141. The third-order valence-corrected chi connectivity index (χ3v) is 3.61. The van der Waals surface area contributed by atoms with Gasteiger partial charge in [0.1, 0.15) is 0 Å². The van der Waals surface area contributed by atoms with Crippen molar-refractivity contribution in [2.75, 3.05) is 0 Å². The summed E-state index contributed by atoms with van der Waals surface area (Å²) >= 11 is 0. The second-order valence-corrected chi connectivity index (χ2v) is 4.83. The average molecular weight is 237 g/mol. The van der Waals surface area contributed by atoms with E-state index in [1.54, 1.807) is 12.5 Å². The molecule has 1 heterocycles. The van der Waals surface area contributed by atoms with Crippen LogP contribution < -0.4 is 5.32 Å². The number of furan rings is 1. The van der Waals surface area contributed by atoms with Gasteiger partial charge in [-0.2, -0.15) is 0 Å². The fourth-order valence-electron chi connectivity index (χ4n) is 2.48. The number of carbonyl (C=O) groups is 1. The Morgan fingerprint density at radius 1 is 1.47 bits per heavy atom. The van der Waals surface area contributed by atoms with Crippen molar-refractivity contribution in [3.05, 3.63) is 24.2 Å². The molecule has 0 radical (unpaired) electrons. The first kappa shape index (κ1) is 12.2. The highest BCUT2D eigenvalue weighted by atomic mass is 16.4. The molecule has 1 unspecified atom stereocenters. The number of aliphatic carboxylic acids is 1. The van der Waals surface area contributed by atoms with E-state index in [2.05, 4.69) is 12.2 Å². The van der Waals surface area contributed by atoms with Crippen LogP contribution in [0.3, 0.4) is 0 Å². The van der Waals surface area contributed by atoms with Crippen LogP contribution in [0.25, 0.3) is 0 Å². The minimum Gasteiger partial charge on any atom is -0.481 e. The third kappa shape index (κ3) is 3.09. The van der Waals surface area contributed by atoms with E-state index in [4.69, 9.17) is 9.52 Å². The van der Waals surface area contributed by atoms with Gasteiger partial charge in [-0.15, -0.1) is 0 Å². The van der Waals surface area contributed by atoms with Gasteiger partial charge in [0.05, 0.1) is 18.4 Å². The molecule has 4 heteroatoms. The van der Waals surface area contributed by atoms with Gasteiger partial charge in [-0.05, 0) is 38.7 Å². The van der Waals surface area contributed by atoms with Crippen molar-refractivity contribution in [3.8, 4) is 0 Å². The number of hydrogen-bond donors (Lipinski definition) is 2. The van der Waals surface area contributed by atoms with Gasteiger partial charge in [0.25, 0.3) is 0 Å². The van der Waals surface area contributed by atoms with E-state index in [9.17, 15) is 4.79 Å². The van der Waals surface area contributed by atoms with Crippen LogP contribution in [0.5, 0.6) is 0 Å². The quantitative estimate of drug-likeness (QED) is 0.844. The van der Waals surface area contributed by atoms with Gasteiger partial charge in [-0.3, -0.25) is 4.79 Å². The summed E-state index contributed by atoms with van der Waals surface area (Å²) in [7, 11) is 0. The monoisotopic (exact) mass is 237 g/mol. The summed E-state index contributed by atoms with van der Waals surface area (Å²) in [4.78, 5) is 10.8. The molecule has 0 bridgehead atoms. The van der Waals surface area contributed by atoms with Gasteiger partial charge in [0.15, 0.2) is 0 Å². The molecule has 4 nitrogen and oxygen atoms in total. The SMILES string of the molecule is CC(NC1CCC(C(=O)O)CC1)c1ccoc1. The number of rotatable bonds is 4. The lowest BCUT2D eigenvalue weighted by Crippen LogP contribution is -2.36. The molecule has 1 saturated carbocycles. The highest BCUT2D eigenvalue weighted by Crippen LogP contribution is 2.26. The van der Waals surface area contributed by atoms with E-state index in [-0.39, 0.29) is 12.0 Å². The van der Waals surface area contributed by atoms with Crippen LogP contribution in [0.15, 0.2) is 23.0 Å². The Morgan fingerprint density at radius 3 is 2.71 bits per heavy atom. The smallest absolute Gasteiger partial charge is 0.306 e. The maximum atomic E-state index is 10.8. The number of carboxylic acid groups (broad SMARTS) is 1. The zero-order chi connectivity index (χ0) is 12.3. The Bertz CT molecular complexity index is 353. The first-order valence-electron chi connectivity index (χ1n) is 6.17. The number of carboxylic acids is 1. The highest BCUT2D eigenvalue weighted by molar-refractivity contribution is 5.70. The average Bonchev–Trinajstić information content (AvgIpc) is 2.83. The predicted molar refractivity (Wildman–Crippen MR) is 63.6 cm³/mol. The molecule has 1 aliphatic rings. The van der Waals surface area contributed by atoms with Crippen LogP contribution in [0, 0.1) is 5.92 Å². The summed E-state index contributed by atoms with van der Waals surface area (Å²) < 4.78 is 5.06. The summed E-state index contributed by atoms with van der Waals surface area (Å²) in [6.07, 6.45) is 6.88. The van der Waals surface area contributed by atoms with E-state index in [1.165, 1.54) is 0 Å². The zero-order valence-corrected chi connectivity index (χ0v) is 10.1. The predicted octanol–water partition coefficient (Wildman–Crippen LogP) is 2.57. The lowest BCUT2D eigenvalue weighted by molar-refractivity contribution is -0.142. The molecular formula is C13H19NO3. The lowest BCUT2D eigenvalue weighted by Gasteiger charge is -2.29. The summed E-state index contributed by atoms with van der Waals surface area (Å²) in [5.74, 6) is -0.788. The van der Waals surface area contributed by atoms with Crippen molar-refractivity contribution in [2.24, 2.45) is 5.92 Å². The molecule has 2 N–H and O–H groups in total. The van der Waals surface area contributed by atoms with E-state index in [0.717, 1.165) is 31.2 Å². The van der Waals surface area contributed by atoms with Gasteiger partial charge >= 0.3 is 5.97 Å². The molecule has 1 atom stereocenters. The third-order valence-electron chi connectivity index (χ3n) is 3.61. The molecule has 1 aromatic heterocycles. The van der Waals surface area contributed by atoms with Gasteiger partial charge in [-0.25, -0.2) is 0 Å². The molecule has 0 aromatic carbocycles. The Labute approximate surface area is 101 Å². The van der Waals surface area contributed by atoms with Crippen LogP contribution in [0.4, 0.5) is 0 Å². The van der Waals surface area contributed by atoms with Crippen molar-refractivity contribution in [2.45, 2.75) is 44.7 Å². The molecule has 0 aliphatic heterocycles. The summed E-state index contributed by atoms with van der Waals surface area (Å²) in [6.45, 7) is 2.11. The van der Waals surface area contributed by atoms with Gasteiger partial charge < -0.3 is 14.8 Å². The second-order valence-electron chi connectivity index (χ2n) is 4.83. The Hall–Kier alpha value is -1.29. The number of nitrogens with one attached hydrogen (secondary N) is 1. The van der Waals surface area contributed by atoms with Crippen LogP contribution in [-0.4, -0.2) is 17.1 Å². The van der Waals surface area contributed by atoms with E-state index in [0.29, 0.717) is 6.04 Å². The fraction of sp³-hybridized carbons (Fsp3) is 0.615. The first-order chi connectivity index (χ1) is 8.16. The molecule has 2 rings (SSSR count). The van der Waals surface area contributed by atoms with Crippen LogP contribution in [0.2, 0.25) is 0 Å². The van der Waals surface area contributed by atoms with Crippen molar-refractivity contribution in [3.63, 3.8) is 0 Å². The summed E-state index contributed by atoms with van der Waals surface area (Å²) in [5.41, 5.74) is 1.14. The molecule has 0 spiro atoms. The van der Waals surface area contributed by atoms with Crippen LogP contribution in [0.1, 0.15) is 44.2 Å². The molecular weight excluding hydrogens is 218 g/mol. The molecule has 17 heavy (non-hydrogen) atoms. The van der Waals surface area contributed by atoms with E-state index >= 15 is 0 Å². The fourth-order valence-corrected chi connectivity index (χ4v) is 2.48. The van der Waals surface area contributed by atoms with Gasteiger partial charge in [0.2, 0.25) is 0 Å². The van der Waals surface area contributed by atoms with Crippen molar-refractivity contribution in [1.82, 2.24) is 5.32 Å². The Kier molecular flexibility index (Phi) is 3.84. The Balaban J connectivity index is 1.80. The first-order valence-corrected chi connectivity index (χ1v) is 6.17. The summed E-state index contributed by atoms with van der Waals surface area (Å²) in [6, 6.07) is 2.65. The van der Waals surface area contributed by atoms with Crippen LogP contribution in [-0.2, 0) is 4.79 Å². The van der Waals surface area contributed by atoms with Crippen molar-refractivity contribution in [1.29, 1.82) is 0 Å². The number of hydrogen-bond acceptors (Lipinski definition) is 3. The maximum Gasteiger partial charge on any atom is 0.306 e. The van der Waals surface area contributed by atoms with Gasteiger partial charge in [-0.1, -0.05) is 0 Å². The molecule has 1 aliphatic carbocycles. The summed E-state index contributed by atoms with van der Waals surface area (Å²) in [5, 5.41) is 12.5. The van der Waals surface area contributed by atoms with E-state index in [1.807, 2.05) is 6.07 Å². The largest absolute Gasteiger partial charge is 0.481 e. The molecule has 94 valence electrons. The van der Waals surface area contributed by atoms with Crippen molar-refractivity contribution < 1.29 is 14.3 Å². The standard InChI is InChI=1S/C13H19NO3/c1-9(11-6-7-17-8-11)14-12-4-2-10(3-5-12)13(15)16/h6-10,12,14H,2-5H2,1H3,(H,15,16). The Morgan fingerprint density at radius 2 is 2.18 bits per heavy atom. The van der Waals surface area contributed by atoms with Crippen LogP contribution >= 0.6 is 0 Å². The lowest BCUT2D eigenvalue weighted by atomic mass is 9.86. The molecule has 1 aromatic rings. The maximum absolute atomic E-state index is 10.8. The molecule has 1 fully saturated rings. The van der Waals surface area contributed by atoms with E-state index < -0.39 is 5.97 Å². The highest BCUT2D eigenvalue weighted by Gasteiger charge is 2.26.